The summed E-state index contributed by atoms with van der Waals surface area (Å²) < 4.78 is 10.3. The lowest BCUT2D eigenvalue weighted by Crippen LogP contribution is -2.36. The molecule has 7 heteroatoms. The fourth-order valence-corrected chi connectivity index (χ4v) is 1.89. The van der Waals surface area contributed by atoms with Gasteiger partial charge in [0.1, 0.15) is 17.2 Å². The lowest BCUT2D eigenvalue weighted by atomic mass is 10.1. The van der Waals surface area contributed by atoms with Crippen LogP contribution in [0.5, 0.6) is 11.5 Å². The minimum atomic E-state index is -0.295. The molecule has 2 rings (SSSR count). The number of nitrogens with one attached hydrogen (secondary N) is 2. The zero-order valence-corrected chi connectivity index (χ0v) is 11.9. The van der Waals surface area contributed by atoms with Crippen molar-refractivity contribution in [3.05, 3.63) is 23.8 Å². The SMILES string of the molecule is COc1cc(CNC(=O)C2=NNC(=O)CC2)cc(OC)c1. The summed E-state index contributed by atoms with van der Waals surface area (Å²) in [6.45, 7) is 0.319. The minimum absolute atomic E-state index is 0.177. The van der Waals surface area contributed by atoms with Crippen LogP contribution in [0.3, 0.4) is 0 Å². The van der Waals surface area contributed by atoms with Crippen LogP contribution in [0, 0.1) is 0 Å². The predicted molar refractivity (Wildman–Crippen MR) is 76.2 cm³/mol. The Labute approximate surface area is 122 Å². The number of methoxy groups -OCH3 is 2. The van der Waals surface area contributed by atoms with Gasteiger partial charge in [0.15, 0.2) is 0 Å². The number of ether oxygens (including phenoxy) is 2. The molecule has 0 aliphatic carbocycles. The molecule has 1 aliphatic heterocycles. The Bertz CT molecular complexity index is 561. The highest BCUT2D eigenvalue weighted by molar-refractivity contribution is 6.39. The highest BCUT2D eigenvalue weighted by Crippen LogP contribution is 2.22. The lowest BCUT2D eigenvalue weighted by Gasteiger charge is -2.13. The van der Waals surface area contributed by atoms with E-state index in [0.29, 0.717) is 30.2 Å². The van der Waals surface area contributed by atoms with E-state index in [2.05, 4.69) is 15.8 Å². The summed E-state index contributed by atoms with van der Waals surface area (Å²) in [5.74, 6) is 0.836. The zero-order chi connectivity index (χ0) is 15.2. The molecular weight excluding hydrogens is 274 g/mol. The smallest absolute Gasteiger partial charge is 0.267 e. The Morgan fingerprint density at radius 2 is 1.90 bits per heavy atom. The molecule has 1 heterocycles. The Morgan fingerprint density at radius 1 is 1.24 bits per heavy atom. The molecule has 0 spiro atoms. The Balaban J connectivity index is 1.99. The van der Waals surface area contributed by atoms with Crippen LogP contribution in [-0.4, -0.2) is 31.7 Å². The number of carbonyl (C=O) groups is 2. The molecule has 0 saturated heterocycles. The standard InChI is InChI=1S/C14H17N3O4/c1-20-10-5-9(6-11(7-10)21-2)8-15-14(19)12-3-4-13(18)17-16-12/h5-7H,3-4,8H2,1-2H3,(H,15,19)(H,17,18). The van der Waals surface area contributed by atoms with Crippen LogP contribution in [0.4, 0.5) is 0 Å². The van der Waals surface area contributed by atoms with Gasteiger partial charge in [-0.2, -0.15) is 5.10 Å². The molecule has 0 radical (unpaired) electrons. The molecule has 7 nitrogen and oxygen atoms in total. The molecule has 0 saturated carbocycles. The molecule has 2 amide bonds. The Hall–Kier alpha value is -2.57. The molecule has 0 atom stereocenters. The number of hydrazone groups is 1. The van der Waals surface area contributed by atoms with Crippen molar-refractivity contribution in [3.8, 4) is 11.5 Å². The topological polar surface area (TPSA) is 89.0 Å². The molecule has 21 heavy (non-hydrogen) atoms. The van der Waals surface area contributed by atoms with Crippen molar-refractivity contribution in [2.45, 2.75) is 19.4 Å². The third-order valence-electron chi connectivity index (χ3n) is 3.03. The summed E-state index contributed by atoms with van der Waals surface area (Å²) in [7, 11) is 3.13. The molecule has 0 fully saturated rings. The summed E-state index contributed by atoms with van der Waals surface area (Å²) in [6, 6.07) is 5.38. The van der Waals surface area contributed by atoms with Crippen LogP contribution in [0.1, 0.15) is 18.4 Å². The van der Waals surface area contributed by atoms with Crippen molar-refractivity contribution in [2.75, 3.05) is 14.2 Å². The van der Waals surface area contributed by atoms with Gasteiger partial charge in [-0.3, -0.25) is 9.59 Å². The summed E-state index contributed by atoms with van der Waals surface area (Å²) >= 11 is 0. The monoisotopic (exact) mass is 291 g/mol. The first-order chi connectivity index (χ1) is 10.1. The number of carbonyl (C=O) groups excluding carboxylic acids is 2. The quantitative estimate of drug-likeness (QED) is 0.830. The average Bonchev–Trinajstić information content (AvgIpc) is 2.52. The molecule has 0 aromatic heterocycles. The normalized spacial score (nSPS) is 14.0. The number of rotatable bonds is 5. The van der Waals surface area contributed by atoms with E-state index >= 15 is 0 Å². The molecule has 2 N–H and O–H groups in total. The fraction of sp³-hybridized carbons (Fsp3) is 0.357. The van der Waals surface area contributed by atoms with E-state index in [1.807, 2.05) is 12.1 Å². The molecule has 1 aromatic rings. The van der Waals surface area contributed by atoms with Crippen molar-refractivity contribution in [2.24, 2.45) is 5.10 Å². The van der Waals surface area contributed by atoms with Gasteiger partial charge in [-0.1, -0.05) is 0 Å². The number of hydrogen-bond donors (Lipinski definition) is 2. The summed E-state index contributed by atoms with van der Waals surface area (Å²) in [6.07, 6.45) is 0.623. The van der Waals surface area contributed by atoms with Crippen LogP contribution >= 0.6 is 0 Å². The summed E-state index contributed by atoms with van der Waals surface area (Å²) in [4.78, 5) is 22.9. The number of benzene rings is 1. The van der Waals surface area contributed by atoms with E-state index in [4.69, 9.17) is 9.47 Å². The first-order valence-corrected chi connectivity index (χ1v) is 6.48. The zero-order valence-electron chi connectivity index (χ0n) is 11.9. The second-order valence-electron chi connectivity index (χ2n) is 4.50. The van der Waals surface area contributed by atoms with E-state index in [9.17, 15) is 9.59 Å². The minimum Gasteiger partial charge on any atom is -0.497 e. The van der Waals surface area contributed by atoms with Gasteiger partial charge in [-0.15, -0.1) is 0 Å². The fourth-order valence-electron chi connectivity index (χ4n) is 1.89. The van der Waals surface area contributed by atoms with Crippen LogP contribution in [0.2, 0.25) is 0 Å². The molecule has 112 valence electrons. The summed E-state index contributed by atoms with van der Waals surface area (Å²) in [5, 5.41) is 6.50. The highest BCUT2D eigenvalue weighted by Gasteiger charge is 2.17. The molecule has 0 unspecified atom stereocenters. The maximum Gasteiger partial charge on any atom is 0.267 e. The molecular formula is C14H17N3O4. The van der Waals surface area contributed by atoms with Gasteiger partial charge >= 0.3 is 0 Å². The van der Waals surface area contributed by atoms with Crippen LogP contribution in [0.25, 0.3) is 0 Å². The predicted octanol–water partition coefficient (Wildman–Crippen LogP) is 0.586. The van der Waals surface area contributed by atoms with Gasteiger partial charge in [0, 0.05) is 25.5 Å². The van der Waals surface area contributed by atoms with E-state index in [1.165, 1.54) is 0 Å². The molecule has 1 aromatic carbocycles. The first kappa shape index (κ1) is 14.8. The maximum absolute atomic E-state index is 11.9. The van der Waals surface area contributed by atoms with Gasteiger partial charge in [-0.05, 0) is 17.7 Å². The number of hydrogen-bond acceptors (Lipinski definition) is 5. The maximum atomic E-state index is 11.9. The van der Waals surface area contributed by atoms with Gasteiger partial charge in [0.05, 0.1) is 14.2 Å². The van der Waals surface area contributed by atoms with Crippen molar-refractivity contribution < 1.29 is 19.1 Å². The second kappa shape index (κ2) is 6.74. The van der Waals surface area contributed by atoms with E-state index in [-0.39, 0.29) is 18.2 Å². The Morgan fingerprint density at radius 3 is 2.43 bits per heavy atom. The highest BCUT2D eigenvalue weighted by atomic mass is 16.5. The molecule has 0 bridgehead atoms. The van der Waals surface area contributed by atoms with Gasteiger partial charge in [-0.25, -0.2) is 5.43 Å². The van der Waals surface area contributed by atoms with Crippen molar-refractivity contribution >= 4 is 17.5 Å². The van der Waals surface area contributed by atoms with Crippen LogP contribution < -0.4 is 20.2 Å². The number of amides is 2. The lowest BCUT2D eigenvalue weighted by molar-refractivity contribution is -0.121. The Kier molecular flexibility index (Phi) is 4.76. The largest absolute Gasteiger partial charge is 0.497 e. The third kappa shape index (κ3) is 3.95. The van der Waals surface area contributed by atoms with E-state index in [1.54, 1.807) is 20.3 Å². The van der Waals surface area contributed by atoms with Crippen LogP contribution in [0.15, 0.2) is 23.3 Å². The van der Waals surface area contributed by atoms with Crippen LogP contribution in [-0.2, 0) is 16.1 Å². The second-order valence-corrected chi connectivity index (χ2v) is 4.50. The van der Waals surface area contributed by atoms with E-state index in [0.717, 1.165) is 5.56 Å². The van der Waals surface area contributed by atoms with Gasteiger partial charge in [0.25, 0.3) is 5.91 Å². The van der Waals surface area contributed by atoms with Gasteiger partial charge < -0.3 is 14.8 Å². The van der Waals surface area contributed by atoms with E-state index < -0.39 is 0 Å². The average molecular weight is 291 g/mol. The van der Waals surface area contributed by atoms with Gasteiger partial charge in [0.2, 0.25) is 5.91 Å². The number of nitrogens with zero attached hydrogens (tertiary/aromatic N) is 1. The van der Waals surface area contributed by atoms with Crippen molar-refractivity contribution in [1.29, 1.82) is 0 Å². The third-order valence-corrected chi connectivity index (χ3v) is 3.03. The van der Waals surface area contributed by atoms with Crippen molar-refractivity contribution in [1.82, 2.24) is 10.7 Å². The molecule has 1 aliphatic rings. The van der Waals surface area contributed by atoms with Crippen molar-refractivity contribution in [3.63, 3.8) is 0 Å². The first-order valence-electron chi connectivity index (χ1n) is 6.48. The summed E-state index contributed by atoms with van der Waals surface area (Å²) in [5.41, 5.74) is 3.47.